The number of benzene rings is 2. The van der Waals surface area contributed by atoms with Crippen molar-refractivity contribution in [2.24, 2.45) is 17.3 Å². The average molecular weight is 822 g/mol. The van der Waals surface area contributed by atoms with Gasteiger partial charge in [0.1, 0.15) is 29.0 Å². The fourth-order valence-corrected chi connectivity index (χ4v) is 9.01. The number of sulfonamides is 1. The van der Waals surface area contributed by atoms with Crippen LogP contribution in [0.4, 0.5) is 13.6 Å². The molecule has 17 heteroatoms. The summed E-state index contributed by atoms with van der Waals surface area (Å²) < 4.78 is 61.4. The first-order chi connectivity index (χ1) is 27.5. The minimum Gasteiger partial charge on any atom is -0.449 e. The van der Waals surface area contributed by atoms with E-state index in [9.17, 15) is 36.4 Å². The van der Waals surface area contributed by atoms with Crippen LogP contribution in [0, 0.1) is 17.3 Å². The van der Waals surface area contributed by atoms with E-state index in [1.54, 1.807) is 20.8 Å². The lowest BCUT2D eigenvalue weighted by molar-refractivity contribution is -0.143. The Morgan fingerprint density at radius 1 is 1.00 bits per heavy atom. The van der Waals surface area contributed by atoms with Crippen LogP contribution in [0.2, 0.25) is 0 Å². The smallest absolute Gasteiger partial charge is 0.407 e. The van der Waals surface area contributed by atoms with E-state index in [0.29, 0.717) is 24.2 Å². The van der Waals surface area contributed by atoms with E-state index < -0.39 is 86.9 Å². The summed E-state index contributed by atoms with van der Waals surface area (Å²) in [5, 5.41) is 14.2. The molecule has 2 saturated carbocycles. The number of cyclic esters (lactones) is 1. The molecule has 1 saturated heterocycles. The van der Waals surface area contributed by atoms with E-state index in [2.05, 4.69) is 16.7 Å². The number of hydrogen-bond donors (Lipinski definition) is 3. The number of alkyl carbamates (subject to hydrolysis) is 1. The van der Waals surface area contributed by atoms with Crippen LogP contribution in [0.1, 0.15) is 77.8 Å². The summed E-state index contributed by atoms with van der Waals surface area (Å²) in [5.74, 6) is -4.49. The molecular formula is C41H49F2N7O7S. The van der Waals surface area contributed by atoms with Crippen molar-refractivity contribution in [2.45, 2.75) is 102 Å². The van der Waals surface area contributed by atoms with E-state index in [-0.39, 0.29) is 25.5 Å². The number of carbonyl (C=O) groups is 4. The SMILES string of the molecule is C[C@H]1CC/C=C/c2cccc(c2)-c2nn(nc2-c2ccccc2)C2C[C@@H](C(=O)N[C@@]3(C(=O)NS(=O)(=O)C4CC4)C[C@H]3C(F)F)N(C2)C(=O)[C@H](C(C)(C)C)NC(=O)OC1. The predicted molar refractivity (Wildman–Crippen MR) is 210 cm³/mol. The first-order valence-electron chi connectivity index (χ1n) is 19.7. The maximum Gasteiger partial charge on any atom is 0.407 e. The third kappa shape index (κ3) is 8.64. The van der Waals surface area contributed by atoms with Gasteiger partial charge in [-0.3, -0.25) is 19.1 Å². The maximum absolute atomic E-state index is 14.7. The molecule has 0 spiro atoms. The molecule has 2 aliphatic heterocycles. The summed E-state index contributed by atoms with van der Waals surface area (Å²) in [6, 6.07) is 13.9. The highest BCUT2D eigenvalue weighted by Gasteiger charge is 2.67. The van der Waals surface area contributed by atoms with E-state index in [1.807, 2.05) is 72.3 Å². The lowest BCUT2D eigenvalue weighted by Crippen LogP contribution is -2.60. The largest absolute Gasteiger partial charge is 0.449 e. The van der Waals surface area contributed by atoms with Crippen molar-refractivity contribution in [3.63, 3.8) is 0 Å². The second-order valence-electron chi connectivity index (χ2n) is 17.0. The average Bonchev–Trinajstić information content (AvgIpc) is 4.07. The number of halogens is 2. The van der Waals surface area contributed by atoms with Crippen molar-refractivity contribution in [2.75, 3.05) is 13.2 Å². The summed E-state index contributed by atoms with van der Waals surface area (Å²) in [7, 11) is -4.14. The third-order valence-corrected chi connectivity index (χ3v) is 13.1. The summed E-state index contributed by atoms with van der Waals surface area (Å²) in [6.45, 7) is 7.14. The predicted octanol–water partition coefficient (Wildman–Crippen LogP) is 5.09. The van der Waals surface area contributed by atoms with Gasteiger partial charge < -0.3 is 20.3 Å². The van der Waals surface area contributed by atoms with Gasteiger partial charge in [-0.1, -0.05) is 88.4 Å². The van der Waals surface area contributed by atoms with Gasteiger partial charge in [-0.25, -0.2) is 22.0 Å². The highest BCUT2D eigenvalue weighted by atomic mass is 32.2. The molecule has 3 N–H and O–H groups in total. The molecule has 14 nitrogen and oxygen atoms in total. The van der Waals surface area contributed by atoms with Crippen LogP contribution in [-0.4, -0.2) is 94.6 Å². The number of nitrogens with zero attached hydrogens (tertiary/aromatic N) is 4. The van der Waals surface area contributed by atoms with Crippen molar-refractivity contribution >= 4 is 39.9 Å². The second kappa shape index (κ2) is 15.9. The van der Waals surface area contributed by atoms with Gasteiger partial charge >= 0.3 is 6.09 Å². The molecule has 2 aliphatic carbocycles. The van der Waals surface area contributed by atoms with Crippen molar-refractivity contribution in [1.82, 2.24) is 35.2 Å². The quantitative estimate of drug-likeness (QED) is 0.293. The van der Waals surface area contributed by atoms with Gasteiger partial charge in [0.2, 0.25) is 28.3 Å². The molecule has 4 aliphatic rings. The number of allylic oxidation sites excluding steroid dienone is 1. The summed E-state index contributed by atoms with van der Waals surface area (Å²) >= 11 is 0. The summed E-state index contributed by atoms with van der Waals surface area (Å²) in [6.07, 6.45) is 1.70. The van der Waals surface area contributed by atoms with Gasteiger partial charge in [-0.2, -0.15) is 15.0 Å². The van der Waals surface area contributed by atoms with Gasteiger partial charge in [0.15, 0.2) is 0 Å². The van der Waals surface area contributed by atoms with Crippen LogP contribution < -0.4 is 15.4 Å². The van der Waals surface area contributed by atoms with E-state index >= 15 is 0 Å². The number of amides is 4. The van der Waals surface area contributed by atoms with Crippen molar-refractivity contribution < 1.29 is 41.1 Å². The molecular weight excluding hydrogens is 773 g/mol. The molecule has 1 aromatic heterocycles. The van der Waals surface area contributed by atoms with Gasteiger partial charge in [0, 0.05) is 24.1 Å². The molecule has 3 aromatic rings. The summed E-state index contributed by atoms with van der Waals surface area (Å²) in [5.41, 5.74) is 0.459. The Morgan fingerprint density at radius 2 is 1.69 bits per heavy atom. The van der Waals surface area contributed by atoms with Crippen LogP contribution >= 0.6 is 0 Å². The monoisotopic (exact) mass is 821 g/mol. The first-order valence-corrected chi connectivity index (χ1v) is 21.2. The van der Waals surface area contributed by atoms with Gasteiger partial charge in [-0.15, -0.1) is 0 Å². The number of fused-ring (bicyclic) bond motifs is 8. The van der Waals surface area contributed by atoms with E-state index in [0.717, 1.165) is 29.5 Å². The van der Waals surface area contributed by atoms with Crippen LogP contribution in [0.5, 0.6) is 0 Å². The molecule has 3 fully saturated rings. The van der Waals surface area contributed by atoms with Crippen molar-refractivity contribution in [1.29, 1.82) is 0 Å². The highest BCUT2D eigenvalue weighted by Crippen LogP contribution is 2.49. The van der Waals surface area contributed by atoms with Crippen molar-refractivity contribution in [3.05, 3.63) is 66.2 Å². The van der Waals surface area contributed by atoms with Crippen LogP contribution in [0.25, 0.3) is 28.6 Å². The Morgan fingerprint density at radius 3 is 2.34 bits per heavy atom. The topological polar surface area (TPSA) is 182 Å². The summed E-state index contributed by atoms with van der Waals surface area (Å²) in [4.78, 5) is 58.6. The Labute approximate surface area is 336 Å². The Hall–Kier alpha value is -5.19. The number of rotatable bonds is 7. The van der Waals surface area contributed by atoms with Crippen LogP contribution in [0.15, 0.2) is 60.7 Å². The fourth-order valence-electron chi connectivity index (χ4n) is 7.65. The number of nitrogens with one attached hydrogen (secondary N) is 3. The molecule has 4 amide bonds. The van der Waals surface area contributed by atoms with Crippen molar-refractivity contribution in [3.8, 4) is 22.5 Å². The molecule has 6 bridgehead atoms. The number of hydrogen-bond acceptors (Lipinski definition) is 9. The Kier molecular flexibility index (Phi) is 11.2. The molecule has 310 valence electrons. The standard InChI is InChI=1S/C41H49F2N7O7S/c1-24-11-8-9-12-25-13-10-16-27(19-25)33-32(26-14-6-5-7-15-26)46-50(47-33)28-20-31(49(22-28)37(52)34(40(2,3)4)44-39(54)57-23-24)36(51)45-41(21-30(41)35(42)43)38(53)48-58(55,56)29-17-18-29/h5-7,9-10,12-16,19,24,28-31,34-35H,8,11,17-18,20-23H2,1-4H3,(H,44,54)(H,45,51)(H,48,53)/b12-9+/t24-,28?,30-,31-,34+,41-/m0/s1. The molecule has 0 radical (unpaired) electrons. The zero-order valence-corrected chi connectivity index (χ0v) is 33.7. The molecule has 58 heavy (non-hydrogen) atoms. The first kappa shape index (κ1) is 41.0. The normalized spacial score (nSPS) is 27.3. The third-order valence-electron chi connectivity index (χ3n) is 11.3. The van der Waals surface area contributed by atoms with Gasteiger partial charge in [0.25, 0.3) is 5.91 Å². The number of alkyl halides is 2. The Balaban J connectivity index is 1.29. The molecule has 6 atom stereocenters. The zero-order chi connectivity index (χ0) is 41.6. The van der Waals surface area contributed by atoms with E-state index in [4.69, 9.17) is 14.9 Å². The van der Waals surface area contributed by atoms with Crippen LogP contribution in [0.3, 0.4) is 0 Å². The molecule has 7 rings (SSSR count). The number of ether oxygens (including phenoxy) is 1. The molecule has 3 heterocycles. The minimum absolute atomic E-state index is 0.00437. The zero-order valence-electron chi connectivity index (χ0n) is 32.9. The maximum atomic E-state index is 14.7. The lowest BCUT2D eigenvalue weighted by atomic mass is 9.85. The van der Waals surface area contributed by atoms with Gasteiger partial charge in [0.05, 0.1) is 23.8 Å². The number of carbonyl (C=O) groups excluding carboxylic acids is 4. The number of aromatic nitrogens is 3. The van der Waals surface area contributed by atoms with E-state index in [1.165, 1.54) is 9.70 Å². The molecule has 2 aromatic carbocycles. The minimum atomic E-state index is -4.14. The van der Waals surface area contributed by atoms with Gasteiger partial charge in [-0.05, 0) is 55.1 Å². The highest BCUT2D eigenvalue weighted by molar-refractivity contribution is 7.91. The molecule has 1 unspecified atom stereocenters. The second-order valence-corrected chi connectivity index (χ2v) is 19.0. The fraction of sp³-hybridized carbons (Fsp3) is 0.512. The Bertz CT molecular complexity index is 2210. The van der Waals surface area contributed by atoms with Crippen LogP contribution in [-0.2, 0) is 29.1 Å². The lowest BCUT2D eigenvalue weighted by Gasteiger charge is -2.35.